The fourth-order valence-corrected chi connectivity index (χ4v) is 2.60. The van der Waals surface area contributed by atoms with E-state index in [4.69, 9.17) is 0 Å². The van der Waals surface area contributed by atoms with Crippen LogP contribution in [0.2, 0.25) is 0 Å². The van der Waals surface area contributed by atoms with Gasteiger partial charge < -0.3 is 9.67 Å². The van der Waals surface area contributed by atoms with Gasteiger partial charge in [0.15, 0.2) is 11.5 Å². The van der Waals surface area contributed by atoms with E-state index < -0.39 is 17.9 Å². The van der Waals surface area contributed by atoms with Gasteiger partial charge in [-0.15, -0.1) is 0 Å². The highest BCUT2D eigenvalue weighted by atomic mass is 19.4. The number of carbonyl (C=O) groups is 1. The van der Waals surface area contributed by atoms with Gasteiger partial charge in [0.05, 0.1) is 12.6 Å². The zero-order valence-corrected chi connectivity index (χ0v) is 13.4. The second-order valence-corrected chi connectivity index (χ2v) is 5.71. The van der Waals surface area contributed by atoms with Gasteiger partial charge in [-0.3, -0.25) is 4.79 Å². The number of ketones is 1. The van der Waals surface area contributed by atoms with Gasteiger partial charge in [-0.2, -0.15) is 13.2 Å². The van der Waals surface area contributed by atoms with Gasteiger partial charge in [-0.05, 0) is 19.4 Å². The molecule has 0 spiro atoms. The van der Waals surface area contributed by atoms with E-state index in [9.17, 15) is 23.1 Å². The summed E-state index contributed by atoms with van der Waals surface area (Å²) in [6, 6.07) is 8.27. The standard InChI is InChI=1S/C17H19F3N2O2/c1-11(22-9-16(17(18,19)20)21-12(22)2)15(24)8-14(10-23)13-6-4-3-5-7-13/h3-7,9,11,14,23H,8,10H2,1-2H3/t11-,14+/m0/s1. The van der Waals surface area contributed by atoms with Crippen molar-refractivity contribution in [2.45, 2.75) is 38.4 Å². The minimum atomic E-state index is -4.55. The monoisotopic (exact) mass is 340 g/mol. The van der Waals surface area contributed by atoms with Gasteiger partial charge in [0.1, 0.15) is 5.82 Å². The molecular weight excluding hydrogens is 321 g/mol. The second-order valence-electron chi connectivity index (χ2n) is 5.71. The molecule has 0 fully saturated rings. The van der Waals surface area contributed by atoms with Crippen LogP contribution in [0.15, 0.2) is 36.5 Å². The van der Waals surface area contributed by atoms with E-state index in [-0.39, 0.29) is 30.6 Å². The van der Waals surface area contributed by atoms with Crippen LogP contribution in [-0.2, 0) is 11.0 Å². The van der Waals surface area contributed by atoms with Crippen molar-refractivity contribution in [1.82, 2.24) is 9.55 Å². The smallest absolute Gasteiger partial charge is 0.396 e. The molecule has 0 unspecified atom stereocenters. The number of aryl methyl sites for hydroxylation is 1. The Hall–Kier alpha value is -2.15. The maximum absolute atomic E-state index is 12.7. The molecule has 0 saturated carbocycles. The number of benzene rings is 1. The third kappa shape index (κ3) is 4.03. The Bertz CT molecular complexity index is 696. The van der Waals surface area contributed by atoms with Crippen LogP contribution in [0.1, 0.15) is 42.4 Å². The van der Waals surface area contributed by atoms with E-state index in [1.807, 2.05) is 30.3 Å². The van der Waals surface area contributed by atoms with E-state index in [0.717, 1.165) is 11.8 Å². The summed E-state index contributed by atoms with van der Waals surface area (Å²) in [5.41, 5.74) is -0.194. The molecule has 1 aromatic carbocycles. The predicted molar refractivity (Wildman–Crippen MR) is 82.6 cm³/mol. The number of aliphatic hydroxyl groups is 1. The SMILES string of the molecule is Cc1nc(C(F)(F)F)cn1[C@@H](C)C(=O)C[C@H](CO)c1ccccc1. The van der Waals surface area contributed by atoms with Gasteiger partial charge in [0.2, 0.25) is 0 Å². The molecule has 130 valence electrons. The molecule has 1 N–H and O–H groups in total. The van der Waals surface area contributed by atoms with Crippen molar-refractivity contribution in [2.24, 2.45) is 0 Å². The minimum Gasteiger partial charge on any atom is -0.396 e. The van der Waals surface area contributed by atoms with Crippen LogP contribution in [0.5, 0.6) is 0 Å². The lowest BCUT2D eigenvalue weighted by Crippen LogP contribution is -2.20. The van der Waals surface area contributed by atoms with Crippen molar-refractivity contribution in [2.75, 3.05) is 6.61 Å². The quantitative estimate of drug-likeness (QED) is 0.875. The van der Waals surface area contributed by atoms with Crippen LogP contribution in [0.3, 0.4) is 0 Å². The van der Waals surface area contributed by atoms with Crippen LogP contribution in [0.4, 0.5) is 13.2 Å². The Balaban J connectivity index is 2.16. The largest absolute Gasteiger partial charge is 0.434 e. The molecule has 0 aliphatic rings. The number of Topliss-reactive ketones (excluding diaryl/α,β-unsaturated/α-hetero) is 1. The molecule has 0 amide bonds. The maximum Gasteiger partial charge on any atom is 0.434 e. The average Bonchev–Trinajstić information content (AvgIpc) is 2.94. The summed E-state index contributed by atoms with van der Waals surface area (Å²) >= 11 is 0. The molecule has 0 saturated heterocycles. The zero-order chi connectivity index (χ0) is 17.9. The summed E-state index contributed by atoms with van der Waals surface area (Å²) in [7, 11) is 0. The molecule has 2 rings (SSSR count). The lowest BCUT2D eigenvalue weighted by Gasteiger charge is -2.18. The van der Waals surface area contributed by atoms with Gasteiger partial charge in [0, 0.05) is 18.5 Å². The minimum absolute atomic E-state index is 0.0423. The summed E-state index contributed by atoms with van der Waals surface area (Å²) in [6.45, 7) is 2.76. The first-order chi connectivity index (χ1) is 11.2. The molecule has 0 radical (unpaired) electrons. The molecule has 1 aromatic heterocycles. The topological polar surface area (TPSA) is 55.1 Å². The molecule has 24 heavy (non-hydrogen) atoms. The number of rotatable bonds is 6. The zero-order valence-electron chi connectivity index (χ0n) is 13.4. The van der Waals surface area contributed by atoms with Crippen LogP contribution in [0, 0.1) is 6.92 Å². The Morgan fingerprint density at radius 1 is 1.29 bits per heavy atom. The van der Waals surface area contributed by atoms with Crippen LogP contribution < -0.4 is 0 Å². The Morgan fingerprint density at radius 3 is 2.42 bits per heavy atom. The van der Waals surface area contributed by atoms with Gasteiger partial charge >= 0.3 is 6.18 Å². The van der Waals surface area contributed by atoms with Crippen LogP contribution in [0.25, 0.3) is 0 Å². The average molecular weight is 340 g/mol. The van der Waals surface area contributed by atoms with Crippen molar-refractivity contribution in [1.29, 1.82) is 0 Å². The summed E-state index contributed by atoms with van der Waals surface area (Å²) in [5.74, 6) is -0.511. The van der Waals surface area contributed by atoms with E-state index in [1.165, 1.54) is 18.4 Å². The number of imidazole rings is 1. The van der Waals surface area contributed by atoms with Crippen molar-refractivity contribution in [3.05, 3.63) is 53.6 Å². The van der Waals surface area contributed by atoms with E-state index in [0.29, 0.717) is 0 Å². The Morgan fingerprint density at radius 2 is 1.92 bits per heavy atom. The lowest BCUT2D eigenvalue weighted by atomic mass is 9.92. The van der Waals surface area contributed by atoms with Crippen LogP contribution in [-0.4, -0.2) is 27.0 Å². The summed E-state index contributed by atoms with van der Waals surface area (Å²) in [5, 5.41) is 9.53. The predicted octanol–water partition coefficient (Wildman–Crippen LogP) is 3.51. The first-order valence-electron chi connectivity index (χ1n) is 7.55. The summed E-state index contributed by atoms with van der Waals surface area (Å²) in [4.78, 5) is 15.9. The summed E-state index contributed by atoms with van der Waals surface area (Å²) in [6.07, 6.45) is -3.65. The third-order valence-corrected chi connectivity index (χ3v) is 4.03. The number of carbonyl (C=O) groups excluding carboxylic acids is 1. The lowest BCUT2D eigenvalue weighted by molar-refractivity contribution is -0.141. The molecule has 1 heterocycles. The van der Waals surface area contributed by atoms with Crippen molar-refractivity contribution < 1.29 is 23.1 Å². The number of alkyl halides is 3. The highest BCUT2D eigenvalue weighted by Gasteiger charge is 2.35. The highest BCUT2D eigenvalue weighted by molar-refractivity contribution is 5.83. The van der Waals surface area contributed by atoms with Gasteiger partial charge in [-0.1, -0.05) is 30.3 Å². The molecule has 2 aromatic rings. The molecule has 7 heteroatoms. The Kier molecular flexibility index (Phi) is 5.43. The molecule has 0 aliphatic heterocycles. The van der Waals surface area contributed by atoms with Crippen molar-refractivity contribution >= 4 is 5.78 Å². The van der Waals surface area contributed by atoms with Crippen molar-refractivity contribution in [3.8, 4) is 0 Å². The molecule has 4 nitrogen and oxygen atoms in total. The molecular formula is C17H19F3N2O2. The number of aliphatic hydroxyl groups excluding tert-OH is 1. The number of hydrogen-bond donors (Lipinski definition) is 1. The Labute approximate surface area is 137 Å². The number of aromatic nitrogens is 2. The first kappa shape index (κ1) is 18.2. The maximum atomic E-state index is 12.7. The van der Waals surface area contributed by atoms with Gasteiger partial charge in [-0.25, -0.2) is 4.98 Å². The van der Waals surface area contributed by atoms with E-state index in [1.54, 1.807) is 0 Å². The molecule has 0 aliphatic carbocycles. The van der Waals surface area contributed by atoms with E-state index >= 15 is 0 Å². The van der Waals surface area contributed by atoms with E-state index in [2.05, 4.69) is 4.98 Å². The second kappa shape index (κ2) is 7.17. The molecule has 2 atom stereocenters. The third-order valence-electron chi connectivity index (χ3n) is 4.03. The van der Waals surface area contributed by atoms with Crippen LogP contribution >= 0.6 is 0 Å². The van der Waals surface area contributed by atoms with Crippen molar-refractivity contribution in [3.63, 3.8) is 0 Å². The normalized spacial score (nSPS) is 14.4. The fraction of sp³-hybridized carbons (Fsp3) is 0.412. The summed E-state index contributed by atoms with van der Waals surface area (Å²) < 4.78 is 39.4. The number of halogens is 3. The fourth-order valence-electron chi connectivity index (χ4n) is 2.60. The highest BCUT2D eigenvalue weighted by Crippen LogP contribution is 2.30. The molecule has 0 bridgehead atoms. The first-order valence-corrected chi connectivity index (χ1v) is 7.55. The van der Waals surface area contributed by atoms with Gasteiger partial charge in [0.25, 0.3) is 0 Å². The number of hydrogen-bond acceptors (Lipinski definition) is 3. The number of nitrogens with zero attached hydrogens (tertiary/aromatic N) is 2.